The first-order valence-electron chi connectivity index (χ1n) is 7.33. The van der Waals surface area contributed by atoms with E-state index in [1.165, 1.54) is 12.0 Å². The minimum absolute atomic E-state index is 0.0759. The van der Waals surface area contributed by atoms with Crippen molar-refractivity contribution < 1.29 is 4.79 Å². The molecule has 2 aliphatic carbocycles. The molecule has 0 saturated heterocycles. The van der Waals surface area contributed by atoms with E-state index in [2.05, 4.69) is 27.2 Å². The quantitative estimate of drug-likeness (QED) is 0.781. The third-order valence-corrected chi connectivity index (χ3v) is 4.44. The van der Waals surface area contributed by atoms with Crippen LogP contribution in [0.5, 0.6) is 0 Å². The van der Waals surface area contributed by atoms with Crippen LogP contribution in [0, 0.1) is 12.8 Å². The van der Waals surface area contributed by atoms with E-state index in [0.717, 1.165) is 16.8 Å². The number of nitrogens with zero attached hydrogens (tertiary/aromatic N) is 1. The fourth-order valence-electron chi connectivity index (χ4n) is 3.09. The predicted molar refractivity (Wildman–Crippen MR) is 78.8 cm³/mol. The van der Waals surface area contributed by atoms with Crippen molar-refractivity contribution >= 4 is 5.91 Å². The number of hydrogen-bond donors (Lipinski definition) is 3. The highest BCUT2D eigenvalue weighted by atomic mass is 16.2. The zero-order valence-corrected chi connectivity index (χ0v) is 12.1. The van der Waals surface area contributed by atoms with Crippen molar-refractivity contribution in [2.45, 2.75) is 32.4 Å². The van der Waals surface area contributed by atoms with Crippen LogP contribution in [0.25, 0.3) is 0 Å². The summed E-state index contributed by atoms with van der Waals surface area (Å²) in [5, 5.41) is 3.01. The monoisotopic (exact) mass is 282 g/mol. The molecule has 5 nitrogen and oxygen atoms in total. The van der Waals surface area contributed by atoms with Gasteiger partial charge in [0.2, 0.25) is 0 Å². The summed E-state index contributed by atoms with van der Waals surface area (Å²) in [7, 11) is 0. The molecule has 0 aromatic carbocycles. The number of carbonyl (C=O) groups excluding carboxylic acids is 1. The van der Waals surface area contributed by atoms with E-state index in [-0.39, 0.29) is 18.0 Å². The van der Waals surface area contributed by atoms with Gasteiger partial charge in [0.15, 0.2) is 0 Å². The molecule has 108 valence electrons. The lowest BCUT2D eigenvalue weighted by atomic mass is 10.1. The zero-order chi connectivity index (χ0) is 14.6. The Hall–Kier alpha value is -2.14. The molecule has 5 heteroatoms. The number of hydrazine groups is 1. The van der Waals surface area contributed by atoms with E-state index in [4.69, 9.17) is 0 Å². The zero-order valence-electron chi connectivity index (χ0n) is 12.1. The van der Waals surface area contributed by atoms with Crippen LogP contribution in [0.1, 0.15) is 30.6 Å². The van der Waals surface area contributed by atoms with Crippen LogP contribution in [0.15, 0.2) is 41.2 Å². The molecule has 21 heavy (non-hydrogen) atoms. The van der Waals surface area contributed by atoms with Gasteiger partial charge in [0.05, 0.1) is 17.8 Å². The van der Waals surface area contributed by atoms with Crippen molar-refractivity contribution in [1.82, 2.24) is 21.2 Å². The highest BCUT2D eigenvalue weighted by molar-refractivity contribution is 5.95. The van der Waals surface area contributed by atoms with Crippen molar-refractivity contribution in [3.05, 3.63) is 52.5 Å². The molecule has 1 aliphatic heterocycles. The van der Waals surface area contributed by atoms with Gasteiger partial charge in [-0.1, -0.05) is 17.7 Å². The fourth-order valence-corrected chi connectivity index (χ4v) is 3.09. The van der Waals surface area contributed by atoms with Crippen molar-refractivity contribution in [3.8, 4) is 0 Å². The lowest BCUT2D eigenvalue weighted by Gasteiger charge is -2.14. The Morgan fingerprint density at radius 3 is 3.10 bits per heavy atom. The van der Waals surface area contributed by atoms with Crippen molar-refractivity contribution in [2.24, 2.45) is 5.92 Å². The maximum atomic E-state index is 12.4. The molecule has 1 amide bonds. The topological polar surface area (TPSA) is 66.1 Å². The summed E-state index contributed by atoms with van der Waals surface area (Å²) >= 11 is 0. The second-order valence-electron chi connectivity index (χ2n) is 6.06. The van der Waals surface area contributed by atoms with Crippen LogP contribution in [0.2, 0.25) is 0 Å². The highest BCUT2D eigenvalue weighted by Gasteiger charge is 2.48. The number of rotatable bonds is 3. The van der Waals surface area contributed by atoms with Crippen LogP contribution in [-0.2, 0) is 4.79 Å². The van der Waals surface area contributed by atoms with Gasteiger partial charge in [0, 0.05) is 17.7 Å². The van der Waals surface area contributed by atoms with E-state index >= 15 is 0 Å². The molecule has 3 N–H and O–H groups in total. The summed E-state index contributed by atoms with van der Waals surface area (Å²) in [6, 6.07) is 4.13. The molecule has 3 atom stereocenters. The van der Waals surface area contributed by atoms with Crippen molar-refractivity contribution in [3.63, 3.8) is 0 Å². The normalized spacial score (nSPS) is 26.7. The number of carbonyl (C=O) groups is 1. The molecule has 1 fully saturated rings. The molecule has 0 spiro atoms. The maximum absolute atomic E-state index is 12.4. The van der Waals surface area contributed by atoms with E-state index in [9.17, 15) is 4.79 Å². The average Bonchev–Trinajstić information content (AvgIpc) is 2.94. The summed E-state index contributed by atoms with van der Waals surface area (Å²) < 4.78 is 0. The second kappa shape index (κ2) is 4.43. The lowest BCUT2D eigenvalue weighted by molar-refractivity contribution is -0.118. The molecule has 0 radical (unpaired) electrons. The van der Waals surface area contributed by atoms with Gasteiger partial charge < -0.3 is 10.7 Å². The van der Waals surface area contributed by atoms with Gasteiger partial charge in [-0.15, -0.1) is 0 Å². The third-order valence-electron chi connectivity index (χ3n) is 4.44. The summed E-state index contributed by atoms with van der Waals surface area (Å²) in [6.45, 7) is 3.95. The Bertz CT molecular complexity index is 674. The SMILES string of the molecule is Cc1ccc(C(C)NC(=O)C2=C3C=C4CC4C3NN2)nc1. The van der Waals surface area contributed by atoms with Crippen LogP contribution in [0.3, 0.4) is 0 Å². The molecular formula is C16H18N4O. The Balaban J connectivity index is 1.50. The summed E-state index contributed by atoms with van der Waals surface area (Å²) in [4.78, 5) is 16.8. The molecule has 3 unspecified atom stereocenters. The molecule has 1 saturated carbocycles. The Morgan fingerprint density at radius 1 is 1.48 bits per heavy atom. The number of amides is 1. The van der Waals surface area contributed by atoms with Crippen LogP contribution >= 0.6 is 0 Å². The summed E-state index contributed by atoms with van der Waals surface area (Å²) in [6.07, 6.45) is 5.15. The van der Waals surface area contributed by atoms with Gasteiger partial charge in [-0.3, -0.25) is 9.78 Å². The van der Waals surface area contributed by atoms with E-state index in [1.54, 1.807) is 0 Å². The van der Waals surface area contributed by atoms with E-state index in [0.29, 0.717) is 11.6 Å². The number of hydrogen-bond acceptors (Lipinski definition) is 4. The average molecular weight is 282 g/mol. The Labute approximate surface area is 123 Å². The Morgan fingerprint density at radius 2 is 2.33 bits per heavy atom. The van der Waals surface area contributed by atoms with Crippen LogP contribution in [-0.4, -0.2) is 16.9 Å². The summed E-state index contributed by atoms with van der Waals surface area (Å²) in [5.74, 6) is 0.530. The molecule has 0 bridgehead atoms. The first-order chi connectivity index (χ1) is 10.1. The van der Waals surface area contributed by atoms with Crippen LogP contribution in [0.4, 0.5) is 0 Å². The van der Waals surface area contributed by atoms with Gasteiger partial charge in [-0.25, -0.2) is 5.43 Å². The fraction of sp³-hybridized carbons (Fsp3) is 0.375. The standard InChI is InChI=1S/C16H18N4O/c1-8-3-4-13(17-7-8)9(2)18-16(21)15-12-6-10-5-11(10)14(12)19-20-15/h3-4,6-7,9,11,14,19-20H,5H2,1-2H3,(H,18,21). The van der Waals surface area contributed by atoms with Gasteiger partial charge in [-0.2, -0.15) is 0 Å². The van der Waals surface area contributed by atoms with Gasteiger partial charge in [0.1, 0.15) is 5.70 Å². The van der Waals surface area contributed by atoms with Gasteiger partial charge >= 0.3 is 0 Å². The van der Waals surface area contributed by atoms with E-state index in [1.807, 2.05) is 32.2 Å². The Kier molecular flexibility index (Phi) is 2.65. The largest absolute Gasteiger partial charge is 0.343 e. The molecular weight excluding hydrogens is 264 g/mol. The number of aryl methyl sites for hydroxylation is 1. The summed E-state index contributed by atoms with van der Waals surface area (Å²) in [5.41, 5.74) is 11.4. The number of pyridine rings is 1. The minimum Gasteiger partial charge on any atom is -0.343 e. The third kappa shape index (κ3) is 2.05. The van der Waals surface area contributed by atoms with Crippen LogP contribution < -0.4 is 16.2 Å². The van der Waals surface area contributed by atoms with Crippen molar-refractivity contribution in [1.29, 1.82) is 0 Å². The van der Waals surface area contributed by atoms with Gasteiger partial charge in [-0.05, 0) is 31.9 Å². The number of nitrogens with one attached hydrogen (secondary N) is 3. The minimum atomic E-state index is -0.115. The first-order valence-corrected chi connectivity index (χ1v) is 7.33. The molecule has 4 rings (SSSR count). The van der Waals surface area contributed by atoms with Crippen molar-refractivity contribution in [2.75, 3.05) is 0 Å². The smallest absolute Gasteiger partial charge is 0.269 e. The lowest BCUT2D eigenvalue weighted by Crippen LogP contribution is -2.38. The first kappa shape index (κ1) is 12.6. The maximum Gasteiger partial charge on any atom is 0.269 e. The second-order valence-corrected chi connectivity index (χ2v) is 6.06. The number of aromatic nitrogens is 1. The molecule has 2 heterocycles. The number of fused-ring (bicyclic) bond motifs is 3. The molecule has 1 aromatic rings. The predicted octanol–water partition coefficient (Wildman–Crippen LogP) is 1.26. The molecule has 3 aliphatic rings. The highest BCUT2D eigenvalue weighted by Crippen LogP contribution is 2.50. The van der Waals surface area contributed by atoms with Gasteiger partial charge in [0.25, 0.3) is 5.91 Å². The van der Waals surface area contributed by atoms with E-state index < -0.39 is 0 Å². The molecule has 1 aromatic heterocycles.